The predicted molar refractivity (Wildman–Crippen MR) is 71.9 cm³/mol. The fraction of sp³-hybridized carbons (Fsp3) is 0.786. The molecular formula is C14H22N4O. The summed E-state index contributed by atoms with van der Waals surface area (Å²) in [6.07, 6.45) is 10.1. The van der Waals surface area contributed by atoms with Gasteiger partial charge in [-0.15, -0.1) is 5.10 Å². The highest BCUT2D eigenvalue weighted by Gasteiger charge is 2.28. The Hall–Kier alpha value is -1.39. The van der Waals surface area contributed by atoms with Gasteiger partial charge in [-0.25, -0.2) is 4.98 Å². The van der Waals surface area contributed by atoms with Crippen LogP contribution in [0.15, 0.2) is 0 Å². The topological polar surface area (TPSA) is 70.7 Å². The van der Waals surface area contributed by atoms with E-state index in [2.05, 4.69) is 20.5 Å². The van der Waals surface area contributed by atoms with E-state index in [1.54, 1.807) is 0 Å². The van der Waals surface area contributed by atoms with Crippen molar-refractivity contribution < 1.29 is 4.79 Å². The highest BCUT2D eigenvalue weighted by atomic mass is 16.2. The SMILES string of the molecule is O=C(NCCC1CCCCC1)c1n[nH]c(C2CC2)n1. The van der Waals surface area contributed by atoms with Gasteiger partial charge in [-0.2, -0.15) is 0 Å². The van der Waals surface area contributed by atoms with Crippen molar-refractivity contribution in [1.29, 1.82) is 0 Å². The molecule has 2 aliphatic rings. The second-order valence-electron chi connectivity index (χ2n) is 5.87. The van der Waals surface area contributed by atoms with E-state index in [-0.39, 0.29) is 5.91 Å². The largest absolute Gasteiger partial charge is 0.349 e. The summed E-state index contributed by atoms with van der Waals surface area (Å²) in [5.74, 6) is 2.33. The van der Waals surface area contributed by atoms with Crippen LogP contribution in [0.25, 0.3) is 0 Å². The number of aromatic nitrogens is 3. The van der Waals surface area contributed by atoms with Crippen molar-refractivity contribution in [2.45, 2.75) is 57.3 Å². The zero-order chi connectivity index (χ0) is 13.1. The Bertz CT molecular complexity index is 432. The second kappa shape index (κ2) is 5.72. The van der Waals surface area contributed by atoms with Gasteiger partial charge in [-0.3, -0.25) is 9.89 Å². The second-order valence-corrected chi connectivity index (χ2v) is 5.87. The molecule has 5 nitrogen and oxygen atoms in total. The van der Waals surface area contributed by atoms with Crippen LogP contribution in [-0.4, -0.2) is 27.6 Å². The molecule has 2 fully saturated rings. The fourth-order valence-electron chi connectivity index (χ4n) is 2.86. The molecule has 1 aromatic rings. The maximum Gasteiger partial charge on any atom is 0.290 e. The van der Waals surface area contributed by atoms with E-state index in [1.165, 1.54) is 32.1 Å². The molecule has 104 valence electrons. The first-order valence-electron chi connectivity index (χ1n) is 7.53. The number of amides is 1. The standard InChI is InChI=1S/C14H22N4O/c19-14(13-16-12(17-18-13)11-6-7-11)15-9-8-10-4-2-1-3-5-10/h10-11H,1-9H2,(H,15,19)(H,16,17,18). The monoisotopic (exact) mass is 262 g/mol. The van der Waals surface area contributed by atoms with Crippen LogP contribution in [-0.2, 0) is 0 Å². The van der Waals surface area contributed by atoms with Crippen LogP contribution in [0.2, 0.25) is 0 Å². The molecule has 2 aliphatic carbocycles. The van der Waals surface area contributed by atoms with E-state index >= 15 is 0 Å². The van der Waals surface area contributed by atoms with Gasteiger partial charge in [0.25, 0.3) is 5.91 Å². The Balaban J connectivity index is 1.42. The van der Waals surface area contributed by atoms with E-state index in [0.717, 1.165) is 37.5 Å². The minimum absolute atomic E-state index is 0.140. The lowest BCUT2D eigenvalue weighted by Crippen LogP contribution is -2.27. The van der Waals surface area contributed by atoms with Crippen molar-refractivity contribution in [1.82, 2.24) is 20.5 Å². The molecule has 0 radical (unpaired) electrons. The number of carbonyl (C=O) groups excluding carboxylic acids is 1. The van der Waals surface area contributed by atoms with Gasteiger partial charge in [0.1, 0.15) is 5.82 Å². The van der Waals surface area contributed by atoms with E-state index in [1.807, 2.05) is 0 Å². The van der Waals surface area contributed by atoms with Gasteiger partial charge < -0.3 is 5.32 Å². The molecule has 0 unspecified atom stereocenters. The average molecular weight is 262 g/mol. The lowest BCUT2D eigenvalue weighted by Gasteiger charge is -2.21. The Labute approximate surface area is 113 Å². The minimum atomic E-state index is -0.140. The molecule has 1 amide bonds. The van der Waals surface area contributed by atoms with Gasteiger partial charge in [0.05, 0.1) is 0 Å². The number of rotatable bonds is 5. The highest BCUT2D eigenvalue weighted by Crippen LogP contribution is 2.37. The summed E-state index contributed by atoms with van der Waals surface area (Å²) < 4.78 is 0. The third-order valence-electron chi connectivity index (χ3n) is 4.23. The van der Waals surface area contributed by atoms with Crippen molar-refractivity contribution in [2.24, 2.45) is 5.92 Å². The van der Waals surface area contributed by atoms with Crippen molar-refractivity contribution in [3.63, 3.8) is 0 Å². The third-order valence-corrected chi connectivity index (χ3v) is 4.23. The number of hydrogen-bond donors (Lipinski definition) is 2. The summed E-state index contributed by atoms with van der Waals surface area (Å²) in [5, 5.41) is 9.80. The van der Waals surface area contributed by atoms with Gasteiger partial charge in [0, 0.05) is 12.5 Å². The number of hydrogen-bond acceptors (Lipinski definition) is 3. The molecule has 0 spiro atoms. The summed E-state index contributed by atoms with van der Waals surface area (Å²) in [6.45, 7) is 0.747. The zero-order valence-electron chi connectivity index (χ0n) is 11.3. The van der Waals surface area contributed by atoms with Crippen molar-refractivity contribution in [2.75, 3.05) is 6.54 Å². The molecule has 0 aromatic carbocycles. The highest BCUT2D eigenvalue weighted by molar-refractivity contribution is 5.90. The minimum Gasteiger partial charge on any atom is -0.349 e. The van der Waals surface area contributed by atoms with Crippen LogP contribution in [0.1, 0.15) is 73.7 Å². The molecule has 2 N–H and O–H groups in total. The van der Waals surface area contributed by atoms with Gasteiger partial charge in [0.2, 0.25) is 5.82 Å². The van der Waals surface area contributed by atoms with Crippen molar-refractivity contribution in [3.05, 3.63) is 11.6 Å². The Morgan fingerprint density at radius 2 is 2.00 bits per heavy atom. The molecule has 0 aliphatic heterocycles. The Morgan fingerprint density at radius 3 is 2.74 bits per heavy atom. The van der Waals surface area contributed by atoms with Gasteiger partial charge >= 0.3 is 0 Å². The Morgan fingerprint density at radius 1 is 1.21 bits per heavy atom. The van der Waals surface area contributed by atoms with Crippen LogP contribution in [0.5, 0.6) is 0 Å². The molecular weight excluding hydrogens is 240 g/mol. The van der Waals surface area contributed by atoms with Crippen molar-refractivity contribution in [3.8, 4) is 0 Å². The first kappa shape index (κ1) is 12.6. The van der Waals surface area contributed by atoms with E-state index in [0.29, 0.717) is 11.7 Å². The van der Waals surface area contributed by atoms with E-state index in [9.17, 15) is 4.79 Å². The lowest BCUT2D eigenvalue weighted by atomic mass is 9.87. The number of aromatic amines is 1. The molecule has 19 heavy (non-hydrogen) atoms. The summed E-state index contributed by atoms with van der Waals surface area (Å²) in [7, 11) is 0. The summed E-state index contributed by atoms with van der Waals surface area (Å²) in [5.41, 5.74) is 0. The fourth-order valence-corrected chi connectivity index (χ4v) is 2.86. The molecule has 0 saturated heterocycles. The molecule has 0 atom stereocenters. The quantitative estimate of drug-likeness (QED) is 0.856. The predicted octanol–water partition coefficient (Wildman–Crippen LogP) is 2.38. The molecule has 1 heterocycles. The summed E-state index contributed by atoms with van der Waals surface area (Å²) in [6, 6.07) is 0. The molecule has 3 rings (SSSR count). The number of carbonyl (C=O) groups is 1. The van der Waals surface area contributed by atoms with E-state index < -0.39 is 0 Å². The number of nitrogens with zero attached hydrogens (tertiary/aromatic N) is 2. The van der Waals surface area contributed by atoms with Gasteiger partial charge in [-0.05, 0) is 25.2 Å². The van der Waals surface area contributed by atoms with Crippen LogP contribution < -0.4 is 5.32 Å². The summed E-state index contributed by atoms with van der Waals surface area (Å²) in [4.78, 5) is 16.1. The van der Waals surface area contributed by atoms with Crippen LogP contribution >= 0.6 is 0 Å². The molecule has 1 aromatic heterocycles. The lowest BCUT2D eigenvalue weighted by molar-refractivity contribution is 0.0940. The number of H-pyrrole nitrogens is 1. The molecule has 5 heteroatoms. The molecule has 0 bridgehead atoms. The third kappa shape index (κ3) is 3.33. The van der Waals surface area contributed by atoms with Gasteiger partial charge in [-0.1, -0.05) is 32.1 Å². The Kier molecular flexibility index (Phi) is 3.80. The maximum absolute atomic E-state index is 11.9. The average Bonchev–Trinajstić information content (AvgIpc) is 3.17. The maximum atomic E-state index is 11.9. The smallest absolute Gasteiger partial charge is 0.290 e. The van der Waals surface area contributed by atoms with Gasteiger partial charge in [0.15, 0.2) is 0 Å². The first-order valence-corrected chi connectivity index (χ1v) is 7.53. The zero-order valence-corrected chi connectivity index (χ0v) is 11.3. The van der Waals surface area contributed by atoms with Crippen molar-refractivity contribution >= 4 is 5.91 Å². The first-order chi connectivity index (χ1) is 9.33. The molecule has 2 saturated carbocycles. The normalized spacial score (nSPS) is 20.4. The van der Waals surface area contributed by atoms with Crippen LogP contribution in [0.3, 0.4) is 0 Å². The van der Waals surface area contributed by atoms with Crippen LogP contribution in [0.4, 0.5) is 0 Å². The summed E-state index contributed by atoms with van der Waals surface area (Å²) >= 11 is 0. The van der Waals surface area contributed by atoms with E-state index in [4.69, 9.17) is 0 Å². The number of nitrogens with one attached hydrogen (secondary N) is 2. The van der Waals surface area contributed by atoms with Crippen LogP contribution in [0, 0.1) is 5.92 Å².